The van der Waals surface area contributed by atoms with E-state index in [9.17, 15) is 9.59 Å². The molecule has 0 radical (unpaired) electrons. The molecule has 1 saturated heterocycles. The Bertz CT molecular complexity index is 1590. The van der Waals surface area contributed by atoms with E-state index < -0.39 is 6.04 Å². The monoisotopic (exact) mass is 612 g/mol. The number of aromatic nitrogens is 1. The van der Waals surface area contributed by atoms with Crippen molar-refractivity contribution in [1.29, 1.82) is 0 Å². The van der Waals surface area contributed by atoms with Gasteiger partial charge in [-0.1, -0.05) is 31.2 Å². The molecule has 0 unspecified atom stereocenters. The third kappa shape index (κ3) is 7.51. The number of piperazine rings is 1. The molecular weight excluding hydrogens is 568 g/mol. The first-order chi connectivity index (χ1) is 21.8. The van der Waals surface area contributed by atoms with E-state index in [1.807, 2.05) is 101 Å². The van der Waals surface area contributed by atoms with Gasteiger partial charge in [0.1, 0.15) is 17.5 Å². The molecule has 2 atom stereocenters. The van der Waals surface area contributed by atoms with Gasteiger partial charge in [0.05, 0.1) is 19.4 Å². The number of ether oxygens (including phenoxy) is 2. The number of H-pyrrole nitrogens is 1. The highest BCUT2D eigenvalue weighted by atomic mass is 16.5. The van der Waals surface area contributed by atoms with Crippen molar-refractivity contribution in [2.24, 2.45) is 0 Å². The average Bonchev–Trinajstić information content (AvgIpc) is 3.48. The van der Waals surface area contributed by atoms with Crippen LogP contribution in [0.15, 0.2) is 72.9 Å². The highest BCUT2D eigenvalue weighted by Crippen LogP contribution is 2.31. The molecule has 238 valence electrons. The summed E-state index contributed by atoms with van der Waals surface area (Å²) in [5.41, 5.74) is 4.65. The number of rotatable bonds is 11. The average molecular weight is 613 g/mol. The van der Waals surface area contributed by atoms with Crippen LogP contribution in [0.2, 0.25) is 0 Å². The second-order valence-electron chi connectivity index (χ2n) is 11.7. The Hall–Kier alpha value is -4.70. The number of hydrogen-bond donors (Lipinski definition) is 3. The van der Waals surface area contributed by atoms with Crippen LogP contribution in [-0.4, -0.2) is 86.8 Å². The summed E-state index contributed by atoms with van der Waals surface area (Å²) in [6, 6.07) is 20.7. The number of para-hydroxylation sites is 1. The fourth-order valence-corrected chi connectivity index (χ4v) is 5.88. The number of carbonyl (C=O) groups excluding carboxylic acids is 2. The van der Waals surface area contributed by atoms with E-state index in [-0.39, 0.29) is 17.9 Å². The van der Waals surface area contributed by atoms with Crippen LogP contribution in [0.1, 0.15) is 30.9 Å². The molecule has 3 amide bonds. The molecule has 0 bridgehead atoms. The Labute approximate surface area is 265 Å². The fraction of sp³-hybridized carbons (Fsp3) is 0.371. The van der Waals surface area contributed by atoms with Gasteiger partial charge in [-0.25, -0.2) is 4.79 Å². The molecule has 0 saturated carbocycles. The molecule has 1 fully saturated rings. The molecule has 2 heterocycles. The molecule has 1 aromatic heterocycles. The van der Waals surface area contributed by atoms with Crippen molar-refractivity contribution in [2.75, 3.05) is 64.2 Å². The molecule has 45 heavy (non-hydrogen) atoms. The van der Waals surface area contributed by atoms with Gasteiger partial charge in [0.15, 0.2) is 0 Å². The minimum absolute atomic E-state index is 0.261. The molecule has 0 aliphatic carbocycles. The van der Waals surface area contributed by atoms with E-state index in [1.165, 1.54) is 0 Å². The number of benzene rings is 3. The SMILES string of the molecule is CCOc1ccc(CN(C)C)cc1NC(=O)[C@H](NC(=O)N1CCN(c2ccc(OC)cc2)CC1)[C@@H](C)c1c[nH]c2ccccc12. The number of nitrogens with zero attached hydrogens (tertiary/aromatic N) is 3. The molecule has 1 aliphatic rings. The Morgan fingerprint density at radius 3 is 2.42 bits per heavy atom. The van der Waals surface area contributed by atoms with Crippen molar-refractivity contribution in [1.82, 2.24) is 20.1 Å². The van der Waals surface area contributed by atoms with Gasteiger partial charge in [0.2, 0.25) is 5.91 Å². The van der Waals surface area contributed by atoms with Gasteiger partial charge in [-0.3, -0.25) is 4.79 Å². The molecule has 3 aromatic carbocycles. The van der Waals surface area contributed by atoms with E-state index in [0.29, 0.717) is 50.8 Å². The molecule has 5 rings (SSSR count). The summed E-state index contributed by atoms with van der Waals surface area (Å²) >= 11 is 0. The van der Waals surface area contributed by atoms with E-state index in [4.69, 9.17) is 9.47 Å². The topological polar surface area (TPSA) is 102 Å². The van der Waals surface area contributed by atoms with Crippen LogP contribution in [0.3, 0.4) is 0 Å². The summed E-state index contributed by atoms with van der Waals surface area (Å²) < 4.78 is 11.1. The van der Waals surface area contributed by atoms with Crippen LogP contribution in [0.5, 0.6) is 11.5 Å². The summed E-state index contributed by atoms with van der Waals surface area (Å²) in [4.78, 5) is 37.3. The summed E-state index contributed by atoms with van der Waals surface area (Å²) in [6.07, 6.45) is 1.93. The highest BCUT2D eigenvalue weighted by Gasteiger charge is 2.32. The zero-order valence-electron chi connectivity index (χ0n) is 26.8. The van der Waals surface area contributed by atoms with Gasteiger partial charge in [-0.15, -0.1) is 0 Å². The third-order valence-electron chi connectivity index (χ3n) is 8.28. The molecular formula is C35H44N6O4. The van der Waals surface area contributed by atoms with Crippen molar-refractivity contribution >= 4 is 34.2 Å². The molecule has 10 nitrogen and oxygen atoms in total. The Morgan fingerprint density at radius 2 is 1.73 bits per heavy atom. The quantitative estimate of drug-likeness (QED) is 0.213. The third-order valence-corrected chi connectivity index (χ3v) is 8.28. The Kier molecular flexibility index (Phi) is 10.1. The van der Waals surface area contributed by atoms with Gasteiger partial charge >= 0.3 is 6.03 Å². The number of aromatic amines is 1. The van der Waals surface area contributed by atoms with Gasteiger partial charge in [0.25, 0.3) is 0 Å². The number of urea groups is 1. The second-order valence-corrected chi connectivity index (χ2v) is 11.7. The van der Waals surface area contributed by atoms with Crippen LogP contribution in [0.4, 0.5) is 16.2 Å². The largest absolute Gasteiger partial charge is 0.497 e. The fourth-order valence-electron chi connectivity index (χ4n) is 5.88. The smallest absolute Gasteiger partial charge is 0.318 e. The Balaban J connectivity index is 1.36. The molecule has 4 aromatic rings. The number of hydrogen-bond acceptors (Lipinski definition) is 6. The number of carbonyl (C=O) groups is 2. The van der Waals surface area contributed by atoms with Crippen molar-refractivity contribution in [3.8, 4) is 11.5 Å². The zero-order chi connectivity index (χ0) is 31.9. The van der Waals surface area contributed by atoms with Crippen molar-refractivity contribution in [3.05, 3.63) is 84.1 Å². The standard InChI is InChI=1S/C35H44N6O4/c1-6-45-32-16-11-25(23-39(3)4)21-31(32)37-34(42)33(24(2)29-22-36-30-10-8-7-9-28(29)30)38-35(43)41-19-17-40(18-20-41)26-12-14-27(44-5)15-13-26/h7-16,21-22,24,33,36H,6,17-20,23H2,1-5H3,(H,37,42)(H,38,43)/t24-,33+/m0/s1. The number of amides is 3. The number of fused-ring (bicyclic) bond motifs is 1. The van der Waals surface area contributed by atoms with E-state index in [0.717, 1.165) is 33.5 Å². The lowest BCUT2D eigenvalue weighted by Crippen LogP contribution is -2.56. The number of methoxy groups -OCH3 is 1. The maximum atomic E-state index is 14.1. The summed E-state index contributed by atoms with van der Waals surface area (Å²) in [5, 5.41) is 7.23. The van der Waals surface area contributed by atoms with Crippen LogP contribution >= 0.6 is 0 Å². The van der Waals surface area contributed by atoms with Crippen LogP contribution in [0.25, 0.3) is 10.9 Å². The first kappa shape index (κ1) is 31.7. The van der Waals surface area contributed by atoms with Gasteiger partial charge < -0.3 is 39.8 Å². The van der Waals surface area contributed by atoms with E-state index in [2.05, 4.69) is 25.4 Å². The molecule has 1 aliphatic heterocycles. The number of nitrogens with one attached hydrogen (secondary N) is 3. The van der Waals surface area contributed by atoms with Crippen LogP contribution in [0, 0.1) is 0 Å². The van der Waals surface area contributed by atoms with Crippen molar-refractivity contribution < 1.29 is 19.1 Å². The Morgan fingerprint density at radius 1 is 1.00 bits per heavy atom. The maximum absolute atomic E-state index is 14.1. The molecule has 10 heteroatoms. The lowest BCUT2D eigenvalue weighted by molar-refractivity contribution is -0.118. The van der Waals surface area contributed by atoms with Crippen molar-refractivity contribution in [3.63, 3.8) is 0 Å². The first-order valence-electron chi connectivity index (χ1n) is 15.5. The minimum Gasteiger partial charge on any atom is -0.497 e. The normalized spacial score (nSPS) is 14.7. The summed E-state index contributed by atoms with van der Waals surface area (Å²) in [5.74, 6) is 0.767. The first-order valence-corrected chi connectivity index (χ1v) is 15.5. The highest BCUT2D eigenvalue weighted by molar-refractivity contribution is 5.99. The van der Waals surface area contributed by atoms with Crippen LogP contribution in [-0.2, 0) is 11.3 Å². The minimum atomic E-state index is -0.844. The maximum Gasteiger partial charge on any atom is 0.318 e. The predicted octanol–water partition coefficient (Wildman–Crippen LogP) is 5.28. The second kappa shape index (κ2) is 14.4. The van der Waals surface area contributed by atoms with E-state index >= 15 is 0 Å². The van der Waals surface area contributed by atoms with Gasteiger partial charge in [0, 0.05) is 61.4 Å². The predicted molar refractivity (Wildman–Crippen MR) is 179 cm³/mol. The lowest BCUT2D eigenvalue weighted by Gasteiger charge is -2.37. The molecule has 3 N–H and O–H groups in total. The zero-order valence-corrected chi connectivity index (χ0v) is 26.8. The summed E-state index contributed by atoms with van der Waals surface area (Å²) in [7, 11) is 5.65. The van der Waals surface area contributed by atoms with Crippen LogP contribution < -0.4 is 25.0 Å². The van der Waals surface area contributed by atoms with Crippen molar-refractivity contribution in [2.45, 2.75) is 32.4 Å². The van der Waals surface area contributed by atoms with E-state index in [1.54, 1.807) is 12.0 Å². The molecule has 0 spiro atoms. The van der Waals surface area contributed by atoms with Gasteiger partial charge in [-0.05, 0) is 74.6 Å². The number of anilines is 2. The summed E-state index contributed by atoms with van der Waals surface area (Å²) in [6.45, 7) is 7.51. The lowest BCUT2D eigenvalue weighted by atomic mass is 9.92. The van der Waals surface area contributed by atoms with Gasteiger partial charge in [-0.2, -0.15) is 0 Å².